The second-order valence-electron chi connectivity index (χ2n) is 7.07. The first kappa shape index (κ1) is 16.4. The Labute approximate surface area is 146 Å². The first-order chi connectivity index (χ1) is 12.2. The lowest BCUT2D eigenvalue weighted by Gasteiger charge is -2.18. The molecule has 4 heterocycles. The minimum absolute atomic E-state index is 0.0218. The zero-order valence-electron chi connectivity index (χ0n) is 14.4. The average molecular weight is 344 g/mol. The molecule has 2 saturated heterocycles. The topological polar surface area (TPSA) is 72.5 Å². The second-order valence-corrected chi connectivity index (χ2v) is 7.07. The van der Waals surface area contributed by atoms with Crippen molar-refractivity contribution in [3.8, 4) is 0 Å². The van der Waals surface area contributed by atoms with Crippen molar-refractivity contribution >= 4 is 5.91 Å². The predicted molar refractivity (Wildman–Crippen MR) is 90.4 cm³/mol. The van der Waals surface area contributed by atoms with Gasteiger partial charge in [-0.25, -0.2) is 0 Å². The van der Waals surface area contributed by atoms with Crippen LogP contribution in [-0.4, -0.2) is 45.9 Å². The van der Waals surface area contributed by atoms with Crippen molar-refractivity contribution in [1.82, 2.24) is 20.0 Å². The summed E-state index contributed by atoms with van der Waals surface area (Å²) in [7, 11) is 1.94. The van der Waals surface area contributed by atoms with Gasteiger partial charge in [-0.1, -0.05) is 0 Å². The van der Waals surface area contributed by atoms with Crippen LogP contribution in [0.15, 0.2) is 35.2 Å². The maximum Gasteiger partial charge on any atom is 0.222 e. The number of ether oxygens (including phenoxy) is 1. The number of carbonyl (C=O) groups excluding carboxylic acids is 1. The zero-order valence-corrected chi connectivity index (χ0v) is 14.4. The van der Waals surface area contributed by atoms with Crippen LogP contribution in [0.25, 0.3) is 0 Å². The van der Waals surface area contributed by atoms with E-state index in [1.54, 1.807) is 6.26 Å². The van der Waals surface area contributed by atoms with E-state index in [0.717, 1.165) is 31.8 Å². The first-order valence-electron chi connectivity index (χ1n) is 8.80. The molecule has 4 rings (SSSR count). The molecule has 0 radical (unpaired) electrons. The fourth-order valence-electron chi connectivity index (χ4n) is 3.90. The Morgan fingerprint density at radius 3 is 3.08 bits per heavy atom. The lowest BCUT2D eigenvalue weighted by atomic mass is 10.0. The summed E-state index contributed by atoms with van der Waals surface area (Å²) in [6.07, 6.45) is 7.26. The van der Waals surface area contributed by atoms with Crippen LogP contribution < -0.4 is 5.32 Å². The number of nitrogens with zero attached hydrogens (tertiary/aromatic N) is 3. The van der Waals surface area contributed by atoms with Crippen LogP contribution in [0.2, 0.25) is 0 Å². The number of aryl methyl sites for hydroxylation is 1. The van der Waals surface area contributed by atoms with Gasteiger partial charge in [0.2, 0.25) is 5.91 Å². The summed E-state index contributed by atoms with van der Waals surface area (Å²) in [4.78, 5) is 14.5. The minimum atomic E-state index is 0.0218. The lowest BCUT2D eigenvalue weighted by Crippen LogP contribution is -2.29. The van der Waals surface area contributed by atoms with Crippen LogP contribution in [-0.2, 0) is 29.7 Å². The molecule has 25 heavy (non-hydrogen) atoms. The third-order valence-corrected chi connectivity index (χ3v) is 5.01. The summed E-state index contributed by atoms with van der Waals surface area (Å²) in [5.74, 6) is 1.32. The number of hydrogen-bond donors (Lipinski definition) is 1. The normalized spacial score (nSPS) is 26.0. The van der Waals surface area contributed by atoms with Crippen molar-refractivity contribution in [2.45, 2.75) is 38.1 Å². The third kappa shape index (κ3) is 3.93. The summed E-state index contributed by atoms with van der Waals surface area (Å²) in [6, 6.07) is 3.67. The monoisotopic (exact) mass is 344 g/mol. The van der Waals surface area contributed by atoms with E-state index in [4.69, 9.17) is 9.15 Å². The second kappa shape index (κ2) is 7.01. The average Bonchev–Trinajstić information content (AvgIpc) is 3.31. The van der Waals surface area contributed by atoms with Crippen LogP contribution in [0, 0.1) is 5.92 Å². The number of aromatic nitrogens is 2. The maximum absolute atomic E-state index is 12.1. The van der Waals surface area contributed by atoms with Gasteiger partial charge < -0.3 is 14.5 Å². The Bertz CT molecular complexity index is 698. The first-order valence-corrected chi connectivity index (χ1v) is 8.80. The highest BCUT2D eigenvalue weighted by molar-refractivity contribution is 5.76. The fraction of sp³-hybridized carbons (Fsp3) is 0.556. The quantitative estimate of drug-likeness (QED) is 0.855. The summed E-state index contributed by atoms with van der Waals surface area (Å²) < 4.78 is 13.2. The Hall–Kier alpha value is -2.12. The van der Waals surface area contributed by atoms with E-state index in [1.165, 1.54) is 5.56 Å². The zero-order chi connectivity index (χ0) is 17.2. The molecule has 2 aromatic heterocycles. The van der Waals surface area contributed by atoms with Crippen LogP contribution >= 0.6 is 0 Å². The highest BCUT2D eigenvalue weighted by Crippen LogP contribution is 2.34. The van der Waals surface area contributed by atoms with Crippen LogP contribution in [0.3, 0.4) is 0 Å². The molecule has 0 aromatic carbocycles. The van der Waals surface area contributed by atoms with Crippen molar-refractivity contribution in [2.75, 3.05) is 13.1 Å². The van der Waals surface area contributed by atoms with Crippen molar-refractivity contribution in [1.29, 1.82) is 0 Å². The molecule has 7 heteroatoms. The molecular formula is C18H24N4O3. The Kier molecular flexibility index (Phi) is 4.59. The number of nitrogens with one attached hydrogen (secondary N) is 1. The molecule has 134 valence electrons. The number of rotatable bonds is 6. The summed E-state index contributed by atoms with van der Waals surface area (Å²) in [6.45, 7) is 3.32. The third-order valence-electron chi connectivity index (χ3n) is 5.01. The van der Waals surface area contributed by atoms with Crippen LogP contribution in [0.5, 0.6) is 0 Å². The van der Waals surface area contributed by atoms with Gasteiger partial charge in [-0.3, -0.25) is 14.4 Å². The molecule has 2 aliphatic heterocycles. The van der Waals surface area contributed by atoms with Crippen molar-refractivity contribution < 1.29 is 13.9 Å². The molecule has 0 spiro atoms. The largest absolute Gasteiger partial charge is 0.467 e. The number of carbonyl (C=O) groups is 1. The molecule has 2 aliphatic rings. The van der Waals surface area contributed by atoms with E-state index in [-0.39, 0.29) is 18.1 Å². The molecule has 0 bridgehead atoms. The molecule has 0 aliphatic carbocycles. The van der Waals surface area contributed by atoms with Crippen LogP contribution in [0.4, 0.5) is 0 Å². The molecule has 0 unspecified atom stereocenters. The number of amides is 1. The minimum Gasteiger partial charge on any atom is -0.467 e. The molecule has 0 saturated carbocycles. The van der Waals surface area contributed by atoms with Crippen molar-refractivity contribution in [2.24, 2.45) is 13.0 Å². The van der Waals surface area contributed by atoms with E-state index in [9.17, 15) is 4.79 Å². The maximum atomic E-state index is 12.1. The smallest absolute Gasteiger partial charge is 0.222 e. The summed E-state index contributed by atoms with van der Waals surface area (Å²) >= 11 is 0. The van der Waals surface area contributed by atoms with Gasteiger partial charge >= 0.3 is 0 Å². The van der Waals surface area contributed by atoms with Gasteiger partial charge in [0.25, 0.3) is 0 Å². The van der Waals surface area contributed by atoms with Gasteiger partial charge in [-0.15, -0.1) is 0 Å². The number of hydrogen-bond acceptors (Lipinski definition) is 5. The molecular weight excluding hydrogens is 320 g/mol. The van der Waals surface area contributed by atoms with E-state index < -0.39 is 0 Å². The Morgan fingerprint density at radius 1 is 1.44 bits per heavy atom. The van der Waals surface area contributed by atoms with E-state index in [0.29, 0.717) is 18.9 Å². The van der Waals surface area contributed by atoms with Gasteiger partial charge in [-0.05, 0) is 18.6 Å². The van der Waals surface area contributed by atoms with Crippen LogP contribution in [0.1, 0.15) is 24.2 Å². The number of likely N-dealkylation sites (tertiary alicyclic amines) is 1. The van der Waals surface area contributed by atoms with E-state index in [1.807, 2.05) is 30.1 Å². The standard InChI is InChI=1S/C18H24N4O3/c1-21-9-13(7-20-21)10-22-11-14-5-16(25-17(14)12-22)6-18(23)19-8-15-3-2-4-24-15/h2-4,7,9,14,16-17H,5-6,8,10-12H2,1H3,(H,19,23)/t14-,16-,17+/m0/s1. The van der Waals surface area contributed by atoms with Gasteiger partial charge in [0.1, 0.15) is 5.76 Å². The Morgan fingerprint density at radius 2 is 2.36 bits per heavy atom. The van der Waals surface area contributed by atoms with E-state index in [2.05, 4.69) is 21.5 Å². The number of furan rings is 1. The lowest BCUT2D eigenvalue weighted by molar-refractivity contribution is -0.124. The van der Waals surface area contributed by atoms with Gasteiger partial charge in [0, 0.05) is 44.4 Å². The van der Waals surface area contributed by atoms with E-state index >= 15 is 0 Å². The highest BCUT2D eigenvalue weighted by Gasteiger charge is 2.42. The van der Waals surface area contributed by atoms with Gasteiger partial charge in [0.15, 0.2) is 0 Å². The molecule has 1 N–H and O–H groups in total. The summed E-state index contributed by atoms with van der Waals surface area (Å²) in [5, 5.41) is 7.11. The highest BCUT2D eigenvalue weighted by atomic mass is 16.5. The molecule has 7 nitrogen and oxygen atoms in total. The molecule has 2 fully saturated rings. The SMILES string of the molecule is Cn1cc(CN2C[C@@H]3C[C@@H](CC(=O)NCc4ccco4)O[C@@H]3C2)cn1. The summed E-state index contributed by atoms with van der Waals surface area (Å²) in [5.41, 5.74) is 1.23. The van der Waals surface area contributed by atoms with Crippen molar-refractivity contribution in [3.05, 3.63) is 42.1 Å². The van der Waals surface area contributed by atoms with Gasteiger partial charge in [0.05, 0.1) is 37.6 Å². The predicted octanol–water partition coefficient (Wildman–Crippen LogP) is 1.31. The Balaban J connectivity index is 1.20. The molecule has 1 amide bonds. The van der Waals surface area contributed by atoms with Gasteiger partial charge in [-0.2, -0.15) is 5.10 Å². The molecule has 2 aromatic rings. The fourth-order valence-corrected chi connectivity index (χ4v) is 3.90. The number of fused-ring (bicyclic) bond motifs is 1. The van der Waals surface area contributed by atoms with Crippen molar-refractivity contribution in [3.63, 3.8) is 0 Å². The molecule has 3 atom stereocenters.